The molecule has 192 valence electrons. The Bertz CT molecular complexity index is 1100. The van der Waals surface area contributed by atoms with Gasteiger partial charge in [-0.1, -0.05) is 54.6 Å². The number of cyclic esters (lactones) is 1. The van der Waals surface area contributed by atoms with Crippen molar-refractivity contribution in [3.63, 3.8) is 0 Å². The van der Waals surface area contributed by atoms with E-state index in [9.17, 15) is 19.5 Å². The number of rotatable bonds is 5. The van der Waals surface area contributed by atoms with Crippen LogP contribution in [-0.4, -0.2) is 80.1 Å². The fourth-order valence-corrected chi connectivity index (χ4v) is 8.58. The average Bonchev–Trinajstić information content (AvgIpc) is 3.16. The molecule has 6 atom stereocenters. The summed E-state index contributed by atoms with van der Waals surface area (Å²) in [5.74, 6) is -2.27. The van der Waals surface area contributed by atoms with Crippen molar-refractivity contribution in [3.05, 3.63) is 60.2 Å². The van der Waals surface area contributed by atoms with Gasteiger partial charge >= 0.3 is 5.97 Å². The standard InChI is InChI=1S/C28H34N2O5S/c1-18(2)29-14-9-13-28-21(22-26(34)35-15-8-7-12-27(22,3)36-28)24(32)30(23(28)25(29)33)20(17-31)16-19-10-5-4-6-11-19/h4-7,9-13,18,20-23,31H,8,14-17H2,1-3H3/t20-,21+,22-,23?,27+,28+/m1/s1. The summed E-state index contributed by atoms with van der Waals surface area (Å²) in [5, 5.41) is 10.5. The van der Waals surface area contributed by atoms with E-state index in [1.165, 1.54) is 11.8 Å². The molecule has 8 heteroatoms. The molecule has 7 nitrogen and oxygen atoms in total. The number of ether oxygens (including phenoxy) is 1. The minimum atomic E-state index is -0.935. The van der Waals surface area contributed by atoms with Crippen LogP contribution in [0.1, 0.15) is 32.8 Å². The van der Waals surface area contributed by atoms with Gasteiger partial charge in [-0.05, 0) is 39.2 Å². The molecule has 36 heavy (non-hydrogen) atoms. The van der Waals surface area contributed by atoms with Gasteiger partial charge in [-0.15, -0.1) is 11.8 Å². The molecule has 1 spiro atoms. The van der Waals surface area contributed by atoms with E-state index in [0.29, 0.717) is 19.4 Å². The molecule has 0 bridgehead atoms. The predicted molar refractivity (Wildman–Crippen MR) is 138 cm³/mol. The molecule has 5 rings (SSSR count). The molecular weight excluding hydrogens is 476 g/mol. The molecular formula is C28H34N2O5S. The molecule has 1 unspecified atom stereocenters. The first kappa shape index (κ1) is 25.1. The van der Waals surface area contributed by atoms with Gasteiger partial charge < -0.3 is 19.6 Å². The summed E-state index contributed by atoms with van der Waals surface area (Å²) in [6.07, 6.45) is 9.04. The highest BCUT2D eigenvalue weighted by molar-refractivity contribution is 8.02. The van der Waals surface area contributed by atoms with Gasteiger partial charge in [0.15, 0.2) is 0 Å². The summed E-state index contributed by atoms with van der Waals surface area (Å²) < 4.78 is 3.96. The fourth-order valence-electron chi connectivity index (χ4n) is 6.44. The van der Waals surface area contributed by atoms with Crippen LogP contribution in [0.15, 0.2) is 54.6 Å². The number of hydrogen-bond acceptors (Lipinski definition) is 6. The van der Waals surface area contributed by atoms with E-state index in [1.54, 1.807) is 9.80 Å². The first-order valence-corrected chi connectivity index (χ1v) is 13.5. The predicted octanol–water partition coefficient (Wildman–Crippen LogP) is 2.59. The number of aliphatic hydroxyl groups excluding tert-OH is 1. The average molecular weight is 511 g/mol. The summed E-state index contributed by atoms with van der Waals surface area (Å²) in [5.41, 5.74) is 0.971. The van der Waals surface area contributed by atoms with Gasteiger partial charge in [0.05, 0.1) is 35.8 Å². The normalized spacial score (nSPS) is 34.6. The molecule has 4 aliphatic rings. The van der Waals surface area contributed by atoms with Crippen LogP contribution in [0.4, 0.5) is 0 Å². The van der Waals surface area contributed by atoms with Crippen LogP contribution < -0.4 is 0 Å². The second kappa shape index (κ2) is 9.38. The Kier molecular flexibility index (Phi) is 6.53. The molecule has 0 aromatic heterocycles. The summed E-state index contributed by atoms with van der Waals surface area (Å²) in [7, 11) is 0. The minimum absolute atomic E-state index is 0.0597. The first-order valence-electron chi connectivity index (χ1n) is 12.7. The summed E-state index contributed by atoms with van der Waals surface area (Å²) in [6.45, 7) is 6.34. The maximum Gasteiger partial charge on any atom is 0.311 e. The SMILES string of the molecule is CC(C)N1CC=C[C@]23S[C@@]4(C)C=CCCOC(=O)[C@H]4[C@H]2C(=O)N([C@@H](CO)Cc2ccccc2)C3C1=O. The number of carbonyl (C=O) groups excluding carboxylic acids is 3. The number of benzene rings is 1. The monoisotopic (exact) mass is 510 g/mol. The maximum atomic E-state index is 14.4. The number of nitrogens with zero attached hydrogens (tertiary/aromatic N) is 2. The van der Waals surface area contributed by atoms with Crippen molar-refractivity contribution in [3.8, 4) is 0 Å². The van der Waals surface area contributed by atoms with Crippen LogP contribution in [0.25, 0.3) is 0 Å². The summed E-state index contributed by atoms with van der Waals surface area (Å²) in [4.78, 5) is 45.4. The molecule has 1 aromatic carbocycles. The van der Waals surface area contributed by atoms with Crippen molar-refractivity contribution in [2.24, 2.45) is 11.8 Å². The molecule has 2 amide bonds. The van der Waals surface area contributed by atoms with E-state index in [1.807, 2.05) is 75.4 Å². The lowest BCUT2D eigenvalue weighted by molar-refractivity contribution is -0.154. The number of amides is 2. The van der Waals surface area contributed by atoms with Crippen LogP contribution in [0.5, 0.6) is 0 Å². The Morgan fingerprint density at radius 2 is 1.83 bits per heavy atom. The van der Waals surface area contributed by atoms with E-state index in [-0.39, 0.29) is 37.0 Å². The third-order valence-corrected chi connectivity index (χ3v) is 9.83. The maximum absolute atomic E-state index is 14.4. The van der Waals surface area contributed by atoms with Crippen LogP contribution in [-0.2, 0) is 25.5 Å². The molecule has 2 saturated heterocycles. The van der Waals surface area contributed by atoms with Gasteiger partial charge in [0.1, 0.15) is 6.04 Å². The highest BCUT2D eigenvalue weighted by Gasteiger charge is 2.74. The molecule has 0 aliphatic carbocycles. The van der Waals surface area contributed by atoms with Crippen molar-refractivity contribution in [2.45, 2.75) is 61.2 Å². The van der Waals surface area contributed by atoms with Crippen LogP contribution in [0.2, 0.25) is 0 Å². The van der Waals surface area contributed by atoms with Gasteiger partial charge in [0, 0.05) is 17.3 Å². The van der Waals surface area contributed by atoms with Crippen LogP contribution >= 0.6 is 11.8 Å². The van der Waals surface area contributed by atoms with Gasteiger partial charge in [-0.2, -0.15) is 0 Å². The van der Waals surface area contributed by atoms with Gasteiger partial charge in [-0.3, -0.25) is 14.4 Å². The molecule has 4 aliphatic heterocycles. The van der Waals surface area contributed by atoms with Crippen molar-refractivity contribution < 1.29 is 24.2 Å². The van der Waals surface area contributed by atoms with Crippen molar-refractivity contribution >= 4 is 29.5 Å². The van der Waals surface area contributed by atoms with Crippen LogP contribution in [0.3, 0.4) is 0 Å². The summed E-state index contributed by atoms with van der Waals surface area (Å²) >= 11 is 1.53. The Balaban J connectivity index is 1.66. The zero-order valence-corrected chi connectivity index (χ0v) is 21.8. The third-order valence-electron chi connectivity index (χ3n) is 8.03. The zero-order valence-electron chi connectivity index (χ0n) is 21.0. The van der Waals surface area contributed by atoms with Crippen molar-refractivity contribution in [1.29, 1.82) is 0 Å². The van der Waals surface area contributed by atoms with E-state index in [2.05, 4.69) is 0 Å². The van der Waals surface area contributed by atoms with Gasteiger partial charge in [0.25, 0.3) is 0 Å². The Labute approximate surface area is 216 Å². The lowest BCUT2D eigenvalue weighted by Gasteiger charge is -2.40. The smallest absolute Gasteiger partial charge is 0.311 e. The number of hydrogen-bond donors (Lipinski definition) is 1. The highest BCUT2D eigenvalue weighted by atomic mass is 32.2. The number of likely N-dealkylation sites (tertiary alicyclic amines) is 1. The molecule has 1 aromatic rings. The summed E-state index contributed by atoms with van der Waals surface area (Å²) in [6, 6.07) is 8.19. The number of carbonyl (C=O) groups is 3. The lowest BCUT2D eigenvalue weighted by atomic mass is 9.74. The Hall–Kier alpha value is -2.58. The fraction of sp³-hybridized carbons (Fsp3) is 0.536. The van der Waals surface area contributed by atoms with Gasteiger partial charge in [-0.25, -0.2) is 0 Å². The largest absolute Gasteiger partial charge is 0.465 e. The topological polar surface area (TPSA) is 87.2 Å². The van der Waals surface area contributed by atoms with E-state index in [0.717, 1.165) is 5.56 Å². The number of fused-ring (bicyclic) bond motifs is 2. The molecule has 4 heterocycles. The Morgan fingerprint density at radius 1 is 1.08 bits per heavy atom. The van der Waals surface area contributed by atoms with Crippen molar-refractivity contribution in [1.82, 2.24) is 9.80 Å². The first-order chi connectivity index (χ1) is 17.2. The minimum Gasteiger partial charge on any atom is -0.465 e. The van der Waals surface area contributed by atoms with E-state index >= 15 is 0 Å². The van der Waals surface area contributed by atoms with E-state index < -0.39 is 33.4 Å². The molecule has 2 fully saturated rings. The van der Waals surface area contributed by atoms with Crippen LogP contribution in [0, 0.1) is 11.8 Å². The number of aliphatic hydroxyl groups is 1. The second-order valence-electron chi connectivity index (χ2n) is 10.6. The Morgan fingerprint density at radius 3 is 2.53 bits per heavy atom. The van der Waals surface area contributed by atoms with E-state index in [4.69, 9.17) is 4.74 Å². The molecule has 1 N–H and O–H groups in total. The number of thioether (sulfide) groups is 1. The quantitative estimate of drug-likeness (QED) is 0.484. The highest BCUT2D eigenvalue weighted by Crippen LogP contribution is 2.65. The van der Waals surface area contributed by atoms with Crippen molar-refractivity contribution in [2.75, 3.05) is 19.8 Å². The second-order valence-corrected chi connectivity index (χ2v) is 12.4. The zero-order chi connectivity index (χ0) is 25.7. The lowest BCUT2D eigenvalue weighted by Crippen LogP contribution is -2.58. The molecule has 0 saturated carbocycles. The molecule has 0 radical (unpaired) electrons. The third kappa shape index (κ3) is 3.80. The number of esters is 1. The van der Waals surface area contributed by atoms with Gasteiger partial charge in [0.2, 0.25) is 11.8 Å².